The Hall–Kier alpha value is -1.12. The number of hydrogen-bond acceptors (Lipinski definition) is 3. The summed E-state index contributed by atoms with van der Waals surface area (Å²) in [5, 5.41) is 9.14. The van der Waals surface area contributed by atoms with E-state index in [0.717, 1.165) is 16.4 Å². The van der Waals surface area contributed by atoms with Gasteiger partial charge in [-0.15, -0.1) is 0 Å². The van der Waals surface area contributed by atoms with E-state index in [4.69, 9.17) is 5.11 Å². The van der Waals surface area contributed by atoms with E-state index in [1.54, 1.807) is 0 Å². The van der Waals surface area contributed by atoms with E-state index in [9.17, 15) is 21.6 Å². The number of sulfonamides is 1. The van der Waals surface area contributed by atoms with Crippen molar-refractivity contribution in [1.82, 2.24) is 4.31 Å². The second-order valence-corrected chi connectivity index (χ2v) is 6.95. The summed E-state index contributed by atoms with van der Waals surface area (Å²) in [5.74, 6) is -0.723. The van der Waals surface area contributed by atoms with E-state index in [1.165, 1.54) is 26.1 Å². The number of rotatable bonds is 6. The van der Waals surface area contributed by atoms with Crippen LogP contribution >= 0.6 is 0 Å². The molecule has 1 rings (SSSR count). The third-order valence-corrected chi connectivity index (χ3v) is 4.81. The van der Waals surface area contributed by atoms with Gasteiger partial charge in [0.1, 0.15) is 0 Å². The second-order valence-electron chi connectivity index (χ2n) is 4.87. The molecule has 4 nitrogen and oxygen atoms in total. The SMILES string of the molecule is C[C@@H](O)CCN(C)S(=O)(=O)Cc1ccccc1C(F)(F)F. The number of alkyl halides is 3. The molecular weight excluding hydrogens is 307 g/mol. The van der Waals surface area contributed by atoms with Crippen LogP contribution in [-0.4, -0.2) is 37.5 Å². The predicted molar refractivity (Wildman–Crippen MR) is 73.0 cm³/mol. The van der Waals surface area contributed by atoms with Gasteiger partial charge in [-0.1, -0.05) is 18.2 Å². The molecule has 1 atom stereocenters. The maximum atomic E-state index is 12.8. The smallest absolute Gasteiger partial charge is 0.393 e. The van der Waals surface area contributed by atoms with Crippen LogP contribution in [0.15, 0.2) is 24.3 Å². The highest BCUT2D eigenvalue weighted by Crippen LogP contribution is 2.32. The van der Waals surface area contributed by atoms with E-state index in [2.05, 4.69) is 0 Å². The van der Waals surface area contributed by atoms with Gasteiger partial charge in [0.25, 0.3) is 0 Å². The average Bonchev–Trinajstić information content (AvgIpc) is 2.34. The van der Waals surface area contributed by atoms with Crippen molar-refractivity contribution in [2.24, 2.45) is 0 Å². The summed E-state index contributed by atoms with van der Waals surface area (Å²) in [6.45, 7) is 1.56. The van der Waals surface area contributed by atoms with Gasteiger partial charge in [0.05, 0.1) is 17.4 Å². The first kappa shape index (κ1) is 17.9. The number of nitrogens with zero attached hydrogens (tertiary/aromatic N) is 1. The maximum Gasteiger partial charge on any atom is 0.416 e. The Balaban J connectivity index is 2.95. The maximum absolute atomic E-state index is 12.8. The highest BCUT2D eigenvalue weighted by atomic mass is 32.2. The number of aliphatic hydroxyl groups is 1. The van der Waals surface area contributed by atoms with Crippen LogP contribution in [0.4, 0.5) is 13.2 Å². The topological polar surface area (TPSA) is 57.6 Å². The molecule has 0 unspecified atom stereocenters. The molecule has 0 aliphatic heterocycles. The first-order chi connectivity index (χ1) is 9.54. The molecule has 8 heteroatoms. The van der Waals surface area contributed by atoms with Gasteiger partial charge in [-0.25, -0.2) is 12.7 Å². The van der Waals surface area contributed by atoms with Crippen LogP contribution in [0.2, 0.25) is 0 Å². The van der Waals surface area contributed by atoms with Crippen molar-refractivity contribution in [2.45, 2.75) is 31.4 Å². The molecule has 1 N–H and O–H groups in total. The molecule has 0 spiro atoms. The summed E-state index contributed by atoms with van der Waals surface area (Å²) < 4.78 is 63.6. The molecule has 0 aromatic heterocycles. The van der Waals surface area contributed by atoms with Crippen molar-refractivity contribution in [3.05, 3.63) is 35.4 Å². The number of benzene rings is 1. The van der Waals surface area contributed by atoms with Crippen LogP contribution in [-0.2, 0) is 22.0 Å². The van der Waals surface area contributed by atoms with Gasteiger partial charge in [-0.05, 0) is 25.0 Å². The van der Waals surface area contributed by atoms with Gasteiger partial charge in [0, 0.05) is 13.6 Å². The normalized spacial score (nSPS) is 14.4. The van der Waals surface area contributed by atoms with E-state index in [0.29, 0.717) is 0 Å². The molecule has 21 heavy (non-hydrogen) atoms. The van der Waals surface area contributed by atoms with E-state index < -0.39 is 33.6 Å². The molecule has 1 aromatic carbocycles. The minimum absolute atomic E-state index is 0.0498. The summed E-state index contributed by atoms with van der Waals surface area (Å²) in [4.78, 5) is 0. The molecule has 0 radical (unpaired) electrons. The van der Waals surface area contributed by atoms with Crippen LogP contribution in [0.5, 0.6) is 0 Å². The standard InChI is InChI=1S/C13H18F3NO3S/c1-10(18)7-8-17(2)21(19,20)9-11-5-3-4-6-12(11)13(14,15)16/h3-6,10,18H,7-9H2,1-2H3/t10-/m1/s1. The molecule has 0 bridgehead atoms. The Kier molecular flexibility index (Phi) is 5.77. The van der Waals surface area contributed by atoms with Crippen molar-refractivity contribution >= 4 is 10.0 Å². The molecule has 120 valence electrons. The van der Waals surface area contributed by atoms with Crippen molar-refractivity contribution in [1.29, 1.82) is 0 Å². The lowest BCUT2D eigenvalue weighted by Crippen LogP contribution is -2.31. The molecule has 0 aliphatic rings. The summed E-state index contributed by atoms with van der Waals surface area (Å²) in [6.07, 6.45) is -5.05. The third kappa shape index (κ3) is 5.29. The lowest BCUT2D eigenvalue weighted by molar-refractivity contribution is -0.138. The number of hydrogen-bond donors (Lipinski definition) is 1. The van der Waals surface area contributed by atoms with E-state index in [-0.39, 0.29) is 18.5 Å². The molecule has 0 amide bonds. The quantitative estimate of drug-likeness (QED) is 0.873. The highest BCUT2D eigenvalue weighted by Gasteiger charge is 2.34. The molecule has 0 heterocycles. The summed E-state index contributed by atoms with van der Waals surface area (Å²) in [5.41, 5.74) is -1.23. The van der Waals surface area contributed by atoms with Gasteiger partial charge < -0.3 is 5.11 Å². The first-order valence-corrected chi connectivity index (χ1v) is 7.92. The monoisotopic (exact) mass is 325 g/mol. The van der Waals surface area contributed by atoms with E-state index >= 15 is 0 Å². The molecule has 0 saturated carbocycles. The third-order valence-electron chi connectivity index (χ3n) is 3.00. The lowest BCUT2D eigenvalue weighted by Gasteiger charge is -2.19. The fraction of sp³-hybridized carbons (Fsp3) is 0.538. The van der Waals surface area contributed by atoms with Crippen LogP contribution in [0.1, 0.15) is 24.5 Å². The van der Waals surface area contributed by atoms with Crippen molar-refractivity contribution in [2.75, 3.05) is 13.6 Å². The van der Waals surface area contributed by atoms with Crippen LogP contribution in [0.3, 0.4) is 0 Å². The largest absolute Gasteiger partial charge is 0.416 e. The molecule has 1 aromatic rings. The van der Waals surface area contributed by atoms with Crippen molar-refractivity contribution in [3.8, 4) is 0 Å². The Bertz CT molecular complexity index is 570. The second kappa shape index (κ2) is 6.76. The minimum Gasteiger partial charge on any atom is -0.393 e. The molecule has 0 saturated heterocycles. The zero-order valence-corrected chi connectivity index (χ0v) is 12.6. The molecule has 0 fully saturated rings. The zero-order valence-electron chi connectivity index (χ0n) is 11.8. The van der Waals surface area contributed by atoms with Gasteiger partial charge in [0.15, 0.2) is 0 Å². The van der Waals surface area contributed by atoms with Crippen LogP contribution in [0, 0.1) is 0 Å². The fourth-order valence-electron chi connectivity index (χ4n) is 1.74. The van der Waals surface area contributed by atoms with Gasteiger partial charge in [0.2, 0.25) is 10.0 Å². The van der Waals surface area contributed by atoms with Crippen LogP contribution < -0.4 is 0 Å². The van der Waals surface area contributed by atoms with Gasteiger partial charge in [-0.2, -0.15) is 13.2 Å². The fourth-order valence-corrected chi connectivity index (χ4v) is 2.99. The summed E-state index contributed by atoms with van der Waals surface area (Å²) in [7, 11) is -2.58. The Morgan fingerprint density at radius 1 is 1.29 bits per heavy atom. The summed E-state index contributed by atoms with van der Waals surface area (Å²) >= 11 is 0. The van der Waals surface area contributed by atoms with Gasteiger partial charge >= 0.3 is 6.18 Å². The lowest BCUT2D eigenvalue weighted by atomic mass is 10.1. The molecular formula is C13H18F3NO3S. The van der Waals surface area contributed by atoms with Crippen molar-refractivity contribution in [3.63, 3.8) is 0 Å². The number of halogens is 3. The zero-order chi connectivity index (χ0) is 16.3. The van der Waals surface area contributed by atoms with Crippen LogP contribution in [0.25, 0.3) is 0 Å². The Labute approximate surface area is 122 Å². The molecule has 0 aliphatic carbocycles. The Morgan fingerprint density at radius 2 is 1.86 bits per heavy atom. The Morgan fingerprint density at radius 3 is 2.38 bits per heavy atom. The summed E-state index contributed by atoms with van der Waals surface area (Å²) in [6, 6.07) is 4.61. The number of aliphatic hydroxyl groups excluding tert-OH is 1. The predicted octanol–water partition coefficient (Wildman–Crippen LogP) is 2.24. The van der Waals surface area contributed by atoms with E-state index in [1.807, 2.05) is 0 Å². The van der Waals surface area contributed by atoms with Gasteiger partial charge in [-0.3, -0.25) is 0 Å². The average molecular weight is 325 g/mol. The van der Waals surface area contributed by atoms with Crippen molar-refractivity contribution < 1.29 is 26.7 Å². The minimum atomic E-state index is -4.59. The first-order valence-electron chi connectivity index (χ1n) is 6.31. The highest BCUT2D eigenvalue weighted by molar-refractivity contribution is 7.88.